The molecule has 0 bridgehead atoms. The van der Waals surface area contributed by atoms with Crippen LogP contribution in [-0.2, 0) is 14.8 Å². The fourth-order valence-electron chi connectivity index (χ4n) is 5.37. The predicted molar refractivity (Wildman–Crippen MR) is 133 cm³/mol. The van der Waals surface area contributed by atoms with Gasteiger partial charge in [-0.25, -0.2) is 8.42 Å². The summed E-state index contributed by atoms with van der Waals surface area (Å²) in [6, 6.07) is 11.3. The van der Waals surface area contributed by atoms with Gasteiger partial charge in [0.2, 0.25) is 15.9 Å². The van der Waals surface area contributed by atoms with Crippen molar-refractivity contribution in [3.63, 3.8) is 0 Å². The molecule has 0 spiro atoms. The molecule has 188 valence electrons. The fourth-order valence-corrected chi connectivity index (χ4v) is 6.92. The lowest BCUT2D eigenvalue weighted by molar-refractivity contribution is -0.137. The Kier molecular flexibility index (Phi) is 6.77. The molecule has 7 nitrogen and oxygen atoms in total. The van der Waals surface area contributed by atoms with Crippen LogP contribution in [0.5, 0.6) is 11.5 Å². The Hall–Kier alpha value is -2.58. The Balaban J connectivity index is 1.26. The molecule has 0 aromatic heterocycles. The van der Waals surface area contributed by atoms with E-state index in [0.717, 1.165) is 54.0 Å². The molecule has 3 aliphatic rings. The number of nitrogens with zero attached hydrogens (tertiary/aromatic N) is 2. The smallest absolute Gasteiger partial charge is 0.243 e. The maximum absolute atomic E-state index is 13.5. The number of carbonyl (C=O) groups excluding carboxylic acids is 1. The molecule has 0 unspecified atom stereocenters. The first-order valence-electron chi connectivity index (χ1n) is 12.6. The van der Waals surface area contributed by atoms with Crippen LogP contribution in [0.2, 0.25) is 0 Å². The summed E-state index contributed by atoms with van der Waals surface area (Å²) in [6.45, 7) is 6.66. The average molecular weight is 499 g/mol. The number of ether oxygens (including phenoxy) is 2. The van der Waals surface area contributed by atoms with Crippen molar-refractivity contribution in [1.29, 1.82) is 0 Å². The minimum absolute atomic E-state index is 0.0250. The number of hydrogen-bond acceptors (Lipinski definition) is 5. The van der Waals surface area contributed by atoms with Gasteiger partial charge in [0, 0.05) is 32.0 Å². The first kappa shape index (κ1) is 24.1. The molecule has 1 amide bonds. The third kappa shape index (κ3) is 4.78. The highest BCUT2D eigenvalue weighted by molar-refractivity contribution is 7.89. The quantitative estimate of drug-likeness (QED) is 0.631. The van der Waals surface area contributed by atoms with E-state index in [9.17, 15) is 13.2 Å². The molecular weight excluding hydrogens is 464 g/mol. The topological polar surface area (TPSA) is 76.2 Å². The van der Waals surface area contributed by atoms with Crippen molar-refractivity contribution < 1.29 is 22.7 Å². The van der Waals surface area contributed by atoms with E-state index in [1.807, 2.05) is 43.0 Å². The van der Waals surface area contributed by atoms with Crippen molar-refractivity contribution in [2.24, 2.45) is 5.92 Å². The van der Waals surface area contributed by atoms with Crippen molar-refractivity contribution in [3.8, 4) is 11.5 Å². The monoisotopic (exact) mass is 498 g/mol. The molecule has 2 aromatic carbocycles. The summed E-state index contributed by atoms with van der Waals surface area (Å²) in [6.07, 6.45) is 3.84. The number of likely N-dealkylation sites (tertiary alicyclic amines) is 1. The van der Waals surface area contributed by atoms with Crippen molar-refractivity contribution in [1.82, 2.24) is 9.21 Å². The lowest BCUT2D eigenvalue weighted by Crippen LogP contribution is -2.44. The largest absolute Gasteiger partial charge is 0.490 e. The van der Waals surface area contributed by atoms with Gasteiger partial charge in [-0.3, -0.25) is 4.79 Å². The van der Waals surface area contributed by atoms with Crippen LogP contribution in [0.15, 0.2) is 41.3 Å². The van der Waals surface area contributed by atoms with E-state index < -0.39 is 10.0 Å². The molecule has 2 aromatic rings. The Labute approximate surface area is 208 Å². The maximum atomic E-state index is 13.5. The number of fused-ring (bicyclic) bond motifs is 1. The summed E-state index contributed by atoms with van der Waals surface area (Å²) in [5.74, 6) is 1.51. The molecule has 0 saturated carbocycles. The zero-order chi connectivity index (χ0) is 24.6. The van der Waals surface area contributed by atoms with Crippen LogP contribution in [-0.4, -0.2) is 56.4 Å². The molecule has 0 N–H and O–H groups in total. The number of amides is 1. The van der Waals surface area contributed by atoms with E-state index in [0.29, 0.717) is 44.0 Å². The Morgan fingerprint density at radius 3 is 2.34 bits per heavy atom. The molecule has 5 rings (SSSR count). The summed E-state index contributed by atoms with van der Waals surface area (Å²) < 4.78 is 39.5. The third-order valence-electron chi connectivity index (χ3n) is 7.61. The summed E-state index contributed by atoms with van der Waals surface area (Å²) in [4.78, 5) is 15.9. The Morgan fingerprint density at radius 1 is 0.857 bits per heavy atom. The van der Waals surface area contributed by atoms with Gasteiger partial charge < -0.3 is 14.4 Å². The van der Waals surface area contributed by atoms with E-state index >= 15 is 0 Å². The van der Waals surface area contributed by atoms with Gasteiger partial charge in [-0.2, -0.15) is 4.31 Å². The summed E-state index contributed by atoms with van der Waals surface area (Å²) in [5.41, 5.74) is 3.11. The maximum Gasteiger partial charge on any atom is 0.243 e. The second kappa shape index (κ2) is 9.82. The van der Waals surface area contributed by atoms with Crippen molar-refractivity contribution in [2.45, 2.75) is 56.9 Å². The Bertz CT molecular complexity index is 1200. The fraction of sp³-hybridized carbons (Fsp3) is 0.519. The normalized spacial score (nSPS) is 21.7. The minimum Gasteiger partial charge on any atom is -0.490 e. The molecule has 8 heteroatoms. The van der Waals surface area contributed by atoms with Crippen LogP contribution in [0.4, 0.5) is 0 Å². The second-order valence-electron chi connectivity index (χ2n) is 9.87. The highest BCUT2D eigenvalue weighted by Gasteiger charge is 2.38. The lowest BCUT2D eigenvalue weighted by Gasteiger charge is -2.34. The molecular formula is C27H34N2O5S. The molecule has 2 fully saturated rings. The summed E-state index contributed by atoms with van der Waals surface area (Å²) in [7, 11) is -3.55. The van der Waals surface area contributed by atoms with Gasteiger partial charge in [0.1, 0.15) is 0 Å². The van der Waals surface area contributed by atoms with Gasteiger partial charge in [0.15, 0.2) is 11.5 Å². The van der Waals surface area contributed by atoms with Crippen LogP contribution in [0.3, 0.4) is 0 Å². The first-order chi connectivity index (χ1) is 16.8. The van der Waals surface area contributed by atoms with Gasteiger partial charge in [0.25, 0.3) is 0 Å². The number of aryl methyl sites for hydroxylation is 2. The van der Waals surface area contributed by atoms with E-state index in [1.54, 1.807) is 12.1 Å². The van der Waals surface area contributed by atoms with Crippen molar-refractivity contribution in [2.75, 3.05) is 32.8 Å². The predicted octanol–water partition coefficient (Wildman–Crippen LogP) is 4.23. The number of carbonyl (C=O) groups is 1. The van der Waals surface area contributed by atoms with Gasteiger partial charge in [0.05, 0.1) is 24.2 Å². The number of hydrogen-bond donors (Lipinski definition) is 0. The number of piperidine rings is 1. The lowest BCUT2D eigenvalue weighted by atomic mass is 9.95. The molecule has 35 heavy (non-hydrogen) atoms. The number of rotatable bonds is 4. The van der Waals surface area contributed by atoms with Gasteiger partial charge in [-0.1, -0.05) is 12.1 Å². The molecule has 0 aliphatic carbocycles. The average Bonchev–Trinajstić information content (AvgIpc) is 3.23. The highest BCUT2D eigenvalue weighted by atomic mass is 32.2. The van der Waals surface area contributed by atoms with Gasteiger partial charge >= 0.3 is 0 Å². The third-order valence-corrected chi connectivity index (χ3v) is 9.51. The van der Waals surface area contributed by atoms with Crippen molar-refractivity contribution in [3.05, 3.63) is 53.1 Å². The molecule has 3 heterocycles. The minimum atomic E-state index is -3.55. The van der Waals surface area contributed by atoms with E-state index in [-0.39, 0.29) is 17.9 Å². The number of sulfonamides is 1. The van der Waals surface area contributed by atoms with Gasteiger partial charge in [-0.05, 0) is 80.5 Å². The first-order valence-corrected chi connectivity index (χ1v) is 14.1. The molecule has 1 atom stereocenters. The summed E-state index contributed by atoms with van der Waals surface area (Å²) in [5, 5.41) is 0. The number of benzene rings is 2. The van der Waals surface area contributed by atoms with Crippen LogP contribution < -0.4 is 9.47 Å². The SMILES string of the molecule is Cc1ccc(S(=O)(=O)N2CCC(C(=O)N3CCC[C@@H]3c3ccc4c(c3)OCCCO4)CC2)cc1C. The van der Waals surface area contributed by atoms with Crippen LogP contribution in [0.1, 0.15) is 54.8 Å². The summed E-state index contributed by atoms with van der Waals surface area (Å²) >= 11 is 0. The highest BCUT2D eigenvalue weighted by Crippen LogP contribution is 2.39. The molecule has 0 radical (unpaired) electrons. The molecule has 3 aliphatic heterocycles. The van der Waals surface area contributed by atoms with Crippen molar-refractivity contribution >= 4 is 15.9 Å². The van der Waals surface area contributed by atoms with Gasteiger partial charge in [-0.15, -0.1) is 0 Å². The standard InChI is InChI=1S/C27H34N2O5S/c1-19-6-8-23(17-20(19)2)35(31,32)28-13-10-21(11-14-28)27(30)29-12-3-5-24(29)22-7-9-25-26(18-22)34-16-4-15-33-25/h6-9,17-18,21,24H,3-5,10-16H2,1-2H3/t24-/m1/s1. The van der Waals surface area contributed by atoms with E-state index in [1.165, 1.54) is 4.31 Å². The van der Waals surface area contributed by atoms with E-state index in [4.69, 9.17) is 9.47 Å². The van der Waals surface area contributed by atoms with Crippen LogP contribution >= 0.6 is 0 Å². The zero-order valence-electron chi connectivity index (χ0n) is 20.5. The van der Waals surface area contributed by atoms with Crippen LogP contribution in [0.25, 0.3) is 0 Å². The van der Waals surface area contributed by atoms with E-state index in [2.05, 4.69) is 0 Å². The Morgan fingerprint density at radius 2 is 1.60 bits per heavy atom. The second-order valence-corrected chi connectivity index (χ2v) is 11.8. The molecule has 2 saturated heterocycles. The van der Waals surface area contributed by atoms with Crippen LogP contribution in [0, 0.1) is 19.8 Å². The zero-order valence-corrected chi connectivity index (χ0v) is 21.4.